The fraction of sp³-hybridized carbons (Fsp3) is 0.923. The van der Waals surface area contributed by atoms with E-state index >= 15 is 0 Å². The normalized spacial score (nSPS) is 25.4. The number of rotatable bonds is 17. The Morgan fingerprint density at radius 1 is 0.455 bits per heavy atom. The summed E-state index contributed by atoms with van der Waals surface area (Å²) in [6.07, 6.45) is 12.1. The minimum atomic E-state index is -0.507. The van der Waals surface area contributed by atoms with Crippen molar-refractivity contribution < 1.29 is 48.5 Å². The van der Waals surface area contributed by atoms with E-state index in [4.69, 9.17) is 18.9 Å². The minimum absolute atomic E-state index is 0.00324. The molecule has 14 nitrogen and oxygen atoms in total. The van der Waals surface area contributed by atoms with Crippen LogP contribution in [-0.4, -0.2) is 113 Å². The van der Waals surface area contributed by atoms with Crippen molar-refractivity contribution in [2.75, 3.05) is 0 Å². The standard InChI is InChI=1S/C30H56N2O4.C22H40N2O6/c1-10-22(26(34)36-24-20-29(6,7)32-30(8,9)21-24)16-14-12-11-13-15-17-25(33)35-23-18-27(2,3)31-28(4,5)19-23;1-19(2)11-15(12-20(3,4)23(19)27)29-17(25)9-10-18(26)30-16-13-21(5,6)24(28)22(7,8)14-16/h22-24,31-32H,10-21H2,1-9H3;15-16,27-28H,9-14H2,1-8H3. The number of hydroxylamine groups is 4. The van der Waals surface area contributed by atoms with Gasteiger partial charge in [0, 0.05) is 102 Å². The van der Waals surface area contributed by atoms with Crippen LogP contribution in [0.3, 0.4) is 0 Å². The maximum Gasteiger partial charge on any atom is 0.309 e. The molecule has 0 saturated carbocycles. The van der Waals surface area contributed by atoms with Crippen LogP contribution in [0.15, 0.2) is 0 Å². The molecule has 4 saturated heterocycles. The summed E-state index contributed by atoms with van der Waals surface area (Å²) >= 11 is 0. The summed E-state index contributed by atoms with van der Waals surface area (Å²) in [6, 6.07) is 0. The Balaban J connectivity index is 0.000000356. The number of ether oxygens (including phenoxy) is 4. The average Bonchev–Trinajstić information content (AvgIpc) is 3.10. The Labute approximate surface area is 400 Å². The van der Waals surface area contributed by atoms with E-state index in [9.17, 15) is 29.6 Å². The van der Waals surface area contributed by atoms with Crippen molar-refractivity contribution in [3.63, 3.8) is 0 Å². The molecule has 1 unspecified atom stereocenters. The van der Waals surface area contributed by atoms with Crippen LogP contribution in [-0.2, 0) is 38.1 Å². The molecule has 0 amide bonds. The smallest absolute Gasteiger partial charge is 0.309 e. The van der Waals surface area contributed by atoms with E-state index in [-0.39, 0.29) is 77.3 Å². The highest BCUT2D eigenvalue weighted by Crippen LogP contribution is 2.40. The van der Waals surface area contributed by atoms with Crippen LogP contribution in [0, 0.1) is 5.92 Å². The zero-order chi connectivity index (χ0) is 50.3. The molecule has 0 aromatic rings. The molecule has 4 heterocycles. The molecule has 1 atom stereocenters. The van der Waals surface area contributed by atoms with Crippen molar-refractivity contribution in [3.05, 3.63) is 0 Å². The van der Waals surface area contributed by atoms with Crippen molar-refractivity contribution in [2.24, 2.45) is 5.92 Å². The molecule has 4 fully saturated rings. The number of hydrogen-bond acceptors (Lipinski definition) is 14. The van der Waals surface area contributed by atoms with E-state index in [0.29, 0.717) is 32.1 Å². The summed E-state index contributed by atoms with van der Waals surface area (Å²) < 4.78 is 23.0. The van der Waals surface area contributed by atoms with Crippen molar-refractivity contribution in [1.29, 1.82) is 0 Å². The van der Waals surface area contributed by atoms with Gasteiger partial charge in [0.25, 0.3) is 0 Å². The second kappa shape index (κ2) is 22.6. The highest BCUT2D eigenvalue weighted by molar-refractivity contribution is 5.78. The van der Waals surface area contributed by atoms with Gasteiger partial charge in [-0.25, -0.2) is 0 Å². The van der Waals surface area contributed by atoms with Gasteiger partial charge in [-0.2, -0.15) is 10.1 Å². The maximum absolute atomic E-state index is 12.9. The SMILES string of the molecule is CC1(C)CC(OC(=O)CCC(=O)OC2CC(C)(C)N(O)C(C)(C)C2)CC(C)(C)N1O.CCC(CCCCCCCC(=O)OC1CC(C)(C)NC(C)(C)C1)C(=O)OC1CC(C)(C)NC(C)(C)C1. The number of nitrogens with zero attached hydrogens (tertiary/aromatic N) is 2. The molecule has 4 aliphatic heterocycles. The number of piperidine rings is 4. The van der Waals surface area contributed by atoms with Crippen LogP contribution < -0.4 is 10.6 Å². The van der Waals surface area contributed by atoms with E-state index in [1.165, 1.54) is 10.1 Å². The Hall–Kier alpha value is -2.36. The molecule has 0 radical (unpaired) electrons. The summed E-state index contributed by atoms with van der Waals surface area (Å²) in [5.74, 6) is -0.962. The number of hydrogen-bond donors (Lipinski definition) is 4. The number of esters is 4. The van der Waals surface area contributed by atoms with Crippen LogP contribution >= 0.6 is 0 Å². The fourth-order valence-corrected chi connectivity index (χ4v) is 12.0. The molecule has 4 rings (SSSR count). The van der Waals surface area contributed by atoms with Crippen LogP contribution in [0.4, 0.5) is 0 Å². The number of carbonyl (C=O) groups excluding carboxylic acids is 4. The van der Waals surface area contributed by atoms with Crippen LogP contribution in [0.25, 0.3) is 0 Å². The predicted molar refractivity (Wildman–Crippen MR) is 258 cm³/mol. The molecule has 4 aliphatic rings. The van der Waals surface area contributed by atoms with Crippen LogP contribution in [0.1, 0.15) is 233 Å². The molecule has 66 heavy (non-hydrogen) atoms. The lowest BCUT2D eigenvalue weighted by Gasteiger charge is -2.51. The third-order valence-corrected chi connectivity index (χ3v) is 14.0. The Morgan fingerprint density at radius 2 is 0.742 bits per heavy atom. The highest BCUT2D eigenvalue weighted by Gasteiger charge is 2.48. The second-order valence-corrected chi connectivity index (χ2v) is 25.6. The summed E-state index contributed by atoms with van der Waals surface area (Å²) in [5.41, 5.74) is -2.12. The first kappa shape index (κ1) is 58.0. The Bertz CT molecular complexity index is 1500. The van der Waals surface area contributed by atoms with Crippen molar-refractivity contribution >= 4 is 23.9 Å². The fourth-order valence-electron chi connectivity index (χ4n) is 12.0. The zero-order valence-electron chi connectivity index (χ0n) is 44.7. The lowest BCUT2D eigenvalue weighted by atomic mass is 9.80. The van der Waals surface area contributed by atoms with Crippen molar-refractivity contribution in [3.8, 4) is 0 Å². The second-order valence-electron chi connectivity index (χ2n) is 25.6. The summed E-state index contributed by atoms with van der Waals surface area (Å²) in [7, 11) is 0. The lowest BCUT2D eigenvalue weighted by Crippen LogP contribution is -2.60. The molecule has 4 N–H and O–H groups in total. The maximum atomic E-state index is 12.9. The van der Waals surface area contributed by atoms with Crippen LogP contribution in [0.5, 0.6) is 0 Å². The van der Waals surface area contributed by atoms with Gasteiger partial charge in [0.1, 0.15) is 24.4 Å². The summed E-state index contributed by atoms with van der Waals surface area (Å²) in [5, 5.41) is 30.7. The Morgan fingerprint density at radius 3 is 1.09 bits per heavy atom. The summed E-state index contributed by atoms with van der Waals surface area (Å²) in [6.45, 7) is 34.8. The van der Waals surface area contributed by atoms with E-state index in [1.807, 2.05) is 55.4 Å². The van der Waals surface area contributed by atoms with Crippen LogP contribution in [0.2, 0.25) is 0 Å². The minimum Gasteiger partial charge on any atom is -0.462 e. The van der Waals surface area contributed by atoms with Gasteiger partial charge in [-0.15, -0.1) is 0 Å². The van der Waals surface area contributed by atoms with Crippen molar-refractivity contribution in [1.82, 2.24) is 20.8 Å². The van der Waals surface area contributed by atoms with Gasteiger partial charge < -0.3 is 40.0 Å². The molecular weight excluding hydrogens is 841 g/mol. The zero-order valence-corrected chi connectivity index (χ0v) is 44.7. The lowest BCUT2D eigenvalue weighted by molar-refractivity contribution is -0.260. The van der Waals surface area contributed by atoms with Gasteiger partial charge in [-0.1, -0.05) is 32.6 Å². The first-order valence-corrected chi connectivity index (χ1v) is 25.3. The predicted octanol–water partition coefficient (Wildman–Crippen LogP) is 10.1. The molecule has 0 aromatic carbocycles. The average molecular weight is 937 g/mol. The molecule has 0 aliphatic carbocycles. The molecule has 0 aromatic heterocycles. The third-order valence-electron chi connectivity index (χ3n) is 14.0. The monoisotopic (exact) mass is 937 g/mol. The van der Waals surface area contributed by atoms with E-state index in [0.717, 1.165) is 70.6 Å². The largest absolute Gasteiger partial charge is 0.462 e. The third kappa shape index (κ3) is 18.5. The Kier molecular flexibility index (Phi) is 19.8. The van der Waals surface area contributed by atoms with Crippen molar-refractivity contribution in [2.45, 2.75) is 302 Å². The molecule has 0 bridgehead atoms. The van der Waals surface area contributed by atoms with Gasteiger partial charge in [0.15, 0.2) is 0 Å². The summed E-state index contributed by atoms with van der Waals surface area (Å²) in [4.78, 5) is 49.9. The first-order valence-electron chi connectivity index (χ1n) is 25.3. The number of nitrogens with one attached hydrogen (secondary N) is 2. The van der Waals surface area contributed by atoms with Gasteiger partial charge in [0.2, 0.25) is 0 Å². The van der Waals surface area contributed by atoms with E-state index in [1.54, 1.807) is 0 Å². The van der Waals surface area contributed by atoms with E-state index in [2.05, 4.69) is 72.9 Å². The van der Waals surface area contributed by atoms with Gasteiger partial charge >= 0.3 is 23.9 Å². The number of carbonyl (C=O) groups is 4. The highest BCUT2D eigenvalue weighted by atomic mass is 16.6. The topological polar surface area (TPSA) is 176 Å². The number of unbranched alkanes of at least 4 members (excludes halogenated alkanes) is 4. The molecule has 14 heteroatoms. The molecule has 0 spiro atoms. The molecule has 384 valence electrons. The van der Waals surface area contributed by atoms with E-state index < -0.39 is 34.1 Å². The van der Waals surface area contributed by atoms with Gasteiger partial charge in [0.05, 0.1) is 18.8 Å². The first-order chi connectivity index (χ1) is 30.0. The quantitative estimate of drug-likeness (QED) is 0.0616. The van der Waals surface area contributed by atoms with Gasteiger partial charge in [-0.05, 0) is 130 Å². The van der Waals surface area contributed by atoms with Gasteiger partial charge in [-0.3, -0.25) is 19.2 Å². The molecular formula is C52H96N4O10.